The predicted octanol–water partition coefficient (Wildman–Crippen LogP) is 2.88. The van der Waals surface area contributed by atoms with Gasteiger partial charge in [0.1, 0.15) is 6.54 Å². The third-order valence-corrected chi connectivity index (χ3v) is 3.66. The van der Waals surface area contributed by atoms with Gasteiger partial charge in [-0.1, -0.05) is 11.3 Å². The summed E-state index contributed by atoms with van der Waals surface area (Å²) in [5.74, 6) is -0.474. The van der Waals surface area contributed by atoms with E-state index in [9.17, 15) is 22.8 Å². The lowest BCUT2D eigenvalue weighted by Gasteiger charge is -2.09. The number of thiazole rings is 1. The molecule has 0 unspecified atom stereocenters. The molecule has 21 heavy (non-hydrogen) atoms. The molecule has 2 aromatic rings. The van der Waals surface area contributed by atoms with Gasteiger partial charge in [0.05, 0.1) is 5.56 Å². The Kier molecular flexibility index (Phi) is 4.17. The molecule has 8 heteroatoms. The Balaban J connectivity index is 2.05. The van der Waals surface area contributed by atoms with E-state index < -0.39 is 17.6 Å². The smallest absolute Gasteiger partial charge is 0.325 e. The monoisotopic (exact) mass is 316 g/mol. The summed E-state index contributed by atoms with van der Waals surface area (Å²) in [6, 6.07) is 4.11. The van der Waals surface area contributed by atoms with Gasteiger partial charge in [0, 0.05) is 16.8 Å². The van der Waals surface area contributed by atoms with Crippen molar-refractivity contribution in [3.8, 4) is 0 Å². The summed E-state index contributed by atoms with van der Waals surface area (Å²) in [6.45, 7) is 1.53. The molecule has 0 spiro atoms. The molecular formula is C13H11F3N2O2S. The number of hydrogen-bond donors (Lipinski definition) is 1. The topological polar surface area (TPSA) is 51.1 Å². The Morgan fingerprint density at radius 1 is 1.29 bits per heavy atom. The van der Waals surface area contributed by atoms with Crippen molar-refractivity contribution in [3.63, 3.8) is 0 Å². The minimum atomic E-state index is -4.41. The van der Waals surface area contributed by atoms with Gasteiger partial charge in [-0.3, -0.25) is 14.2 Å². The fourth-order valence-electron chi connectivity index (χ4n) is 1.68. The van der Waals surface area contributed by atoms with Crippen LogP contribution < -0.4 is 10.2 Å². The molecule has 0 fully saturated rings. The van der Waals surface area contributed by atoms with Crippen molar-refractivity contribution < 1.29 is 18.0 Å². The summed E-state index contributed by atoms with van der Waals surface area (Å²) in [5, 5.41) is 4.08. The summed E-state index contributed by atoms with van der Waals surface area (Å²) < 4.78 is 38.5. The molecule has 1 N–H and O–H groups in total. The van der Waals surface area contributed by atoms with Gasteiger partial charge in [0.2, 0.25) is 5.91 Å². The lowest BCUT2D eigenvalue weighted by atomic mass is 10.2. The summed E-state index contributed by atoms with van der Waals surface area (Å²) >= 11 is 0.986. The highest BCUT2D eigenvalue weighted by Gasteiger charge is 2.29. The normalized spacial score (nSPS) is 11.4. The summed E-state index contributed by atoms with van der Waals surface area (Å²) in [7, 11) is 0. The van der Waals surface area contributed by atoms with Crippen LogP contribution in [-0.4, -0.2) is 10.5 Å². The fourth-order valence-corrected chi connectivity index (χ4v) is 2.42. The number of carbonyl (C=O) groups is 1. The van der Waals surface area contributed by atoms with Crippen molar-refractivity contribution in [2.24, 2.45) is 0 Å². The zero-order chi connectivity index (χ0) is 15.6. The van der Waals surface area contributed by atoms with Gasteiger partial charge in [-0.15, -0.1) is 0 Å². The van der Waals surface area contributed by atoms with E-state index in [1.165, 1.54) is 16.7 Å². The number of rotatable bonds is 3. The number of alkyl halides is 3. The van der Waals surface area contributed by atoms with Crippen LogP contribution in [0.1, 0.15) is 11.3 Å². The van der Waals surface area contributed by atoms with Gasteiger partial charge in [-0.05, 0) is 31.2 Å². The molecule has 0 bridgehead atoms. The number of carbonyl (C=O) groups excluding carboxylic acids is 1. The fraction of sp³-hybridized carbons (Fsp3) is 0.231. The second kappa shape index (κ2) is 5.72. The van der Waals surface area contributed by atoms with Crippen LogP contribution in [0.3, 0.4) is 0 Å². The number of halogens is 3. The molecule has 0 aliphatic rings. The van der Waals surface area contributed by atoms with Crippen LogP contribution in [0.25, 0.3) is 0 Å². The molecule has 1 aromatic heterocycles. The third-order valence-electron chi connectivity index (χ3n) is 2.77. The molecule has 0 aliphatic heterocycles. The number of aromatic nitrogens is 1. The van der Waals surface area contributed by atoms with Crippen molar-refractivity contribution in [1.82, 2.24) is 4.57 Å². The van der Waals surface area contributed by atoms with Crippen LogP contribution in [0.4, 0.5) is 18.9 Å². The van der Waals surface area contributed by atoms with Crippen LogP contribution in [0.5, 0.6) is 0 Å². The number of hydrogen-bond acceptors (Lipinski definition) is 3. The van der Waals surface area contributed by atoms with Crippen LogP contribution in [0, 0.1) is 6.92 Å². The SMILES string of the molecule is Cc1csc(=O)n1CC(=O)Nc1ccc(C(F)(F)F)cc1. The Hall–Kier alpha value is -2.09. The first-order chi connectivity index (χ1) is 9.77. The van der Waals surface area contributed by atoms with Gasteiger partial charge in [0.25, 0.3) is 0 Å². The molecule has 4 nitrogen and oxygen atoms in total. The molecular weight excluding hydrogens is 305 g/mol. The van der Waals surface area contributed by atoms with Gasteiger partial charge in [-0.2, -0.15) is 13.2 Å². The number of nitrogens with zero attached hydrogens (tertiary/aromatic N) is 1. The molecule has 1 amide bonds. The Bertz CT molecular complexity index is 701. The number of nitrogens with one attached hydrogen (secondary N) is 1. The van der Waals surface area contributed by atoms with E-state index in [0.29, 0.717) is 5.69 Å². The van der Waals surface area contributed by atoms with Gasteiger partial charge >= 0.3 is 11.0 Å². The predicted molar refractivity (Wildman–Crippen MR) is 73.4 cm³/mol. The second-order valence-electron chi connectivity index (χ2n) is 4.35. The maximum absolute atomic E-state index is 12.4. The average molecular weight is 316 g/mol. The van der Waals surface area contributed by atoms with Gasteiger partial charge < -0.3 is 5.32 Å². The first-order valence-corrected chi connectivity index (χ1v) is 6.77. The Morgan fingerprint density at radius 2 is 1.90 bits per heavy atom. The molecule has 1 heterocycles. The Morgan fingerprint density at radius 3 is 2.38 bits per heavy atom. The van der Waals surface area contributed by atoms with E-state index in [1.807, 2.05) is 0 Å². The van der Waals surface area contributed by atoms with Crippen LogP contribution >= 0.6 is 11.3 Å². The molecule has 0 aliphatic carbocycles. The molecule has 0 saturated heterocycles. The number of aryl methyl sites for hydroxylation is 1. The molecule has 2 rings (SSSR count). The molecule has 1 aromatic carbocycles. The van der Waals surface area contributed by atoms with Crippen molar-refractivity contribution in [2.75, 3.05) is 5.32 Å². The minimum Gasteiger partial charge on any atom is -0.325 e. The molecule has 112 valence electrons. The third kappa shape index (κ3) is 3.72. The van der Waals surface area contributed by atoms with Gasteiger partial charge in [-0.25, -0.2) is 0 Å². The van der Waals surface area contributed by atoms with Crippen LogP contribution in [0.2, 0.25) is 0 Å². The highest BCUT2D eigenvalue weighted by Crippen LogP contribution is 2.29. The molecule has 0 radical (unpaired) electrons. The van der Waals surface area contributed by atoms with E-state index in [-0.39, 0.29) is 17.1 Å². The van der Waals surface area contributed by atoms with E-state index in [4.69, 9.17) is 0 Å². The van der Waals surface area contributed by atoms with E-state index in [2.05, 4.69) is 5.32 Å². The maximum atomic E-state index is 12.4. The minimum absolute atomic E-state index is 0.171. The van der Waals surface area contributed by atoms with Crippen LogP contribution in [0.15, 0.2) is 34.4 Å². The summed E-state index contributed by atoms with van der Waals surface area (Å²) in [4.78, 5) is 23.0. The average Bonchev–Trinajstić information content (AvgIpc) is 2.70. The van der Waals surface area contributed by atoms with Crippen molar-refractivity contribution >= 4 is 22.9 Å². The van der Waals surface area contributed by atoms with Crippen molar-refractivity contribution in [1.29, 1.82) is 0 Å². The van der Waals surface area contributed by atoms with Crippen LogP contribution in [-0.2, 0) is 17.5 Å². The first-order valence-electron chi connectivity index (χ1n) is 5.89. The van der Waals surface area contributed by atoms with Gasteiger partial charge in [0.15, 0.2) is 0 Å². The second-order valence-corrected chi connectivity index (χ2v) is 5.17. The van der Waals surface area contributed by atoms with E-state index in [1.54, 1.807) is 12.3 Å². The zero-order valence-electron chi connectivity index (χ0n) is 10.9. The highest BCUT2D eigenvalue weighted by atomic mass is 32.1. The molecule has 0 atom stereocenters. The zero-order valence-corrected chi connectivity index (χ0v) is 11.7. The maximum Gasteiger partial charge on any atom is 0.416 e. The van der Waals surface area contributed by atoms with E-state index >= 15 is 0 Å². The van der Waals surface area contributed by atoms with Crippen molar-refractivity contribution in [2.45, 2.75) is 19.6 Å². The standard InChI is InChI=1S/C13H11F3N2O2S/c1-8-7-21-12(20)18(8)6-11(19)17-10-4-2-9(3-5-10)13(14,15)16/h2-5,7H,6H2,1H3,(H,17,19). The van der Waals surface area contributed by atoms with E-state index in [0.717, 1.165) is 23.5 Å². The van der Waals surface area contributed by atoms with Crippen molar-refractivity contribution in [3.05, 3.63) is 50.6 Å². The Labute approximate surface area is 121 Å². The lowest BCUT2D eigenvalue weighted by molar-refractivity contribution is -0.137. The number of amides is 1. The highest BCUT2D eigenvalue weighted by molar-refractivity contribution is 7.07. The number of anilines is 1. The largest absolute Gasteiger partial charge is 0.416 e. The summed E-state index contributed by atoms with van der Waals surface area (Å²) in [6.07, 6.45) is -4.41. The first kappa shape index (κ1) is 15.3. The summed E-state index contributed by atoms with van der Waals surface area (Å²) in [5.41, 5.74) is 0.117. The number of benzene rings is 1. The molecule has 0 saturated carbocycles. The quantitative estimate of drug-likeness (QED) is 0.946. The lowest BCUT2D eigenvalue weighted by Crippen LogP contribution is -2.25.